The predicted octanol–water partition coefficient (Wildman–Crippen LogP) is 2.69. The number of benzene rings is 1. The van der Waals surface area contributed by atoms with Crippen molar-refractivity contribution in [1.29, 1.82) is 0 Å². The van der Waals surface area contributed by atoms with Crippen LogP contribution < -0.4 is 5.32 Å². The molecular formula is C13H19NO2S. The molecule has 1 aliphatic rings. The summed E-state index contributed by atoms with van der Waals surface area (Å²) in [4.78, 5) is 0.425. The molecular weight excluding hydrogens is 234 g/mol. The molecule has 0 aliphatic heterocycles. The van der Waals surface area contributed by atoms with Gasteiger partial charge in [-0.25, -0.2) is 8.42 Å². The smallest absolute Gasteiger partial charge is 0.178 e. The molecule has 0 radical (unpaired) electrons. The summed E-state index contributed by atoms with van der Waals surface area (Å²) in [6.07, 6.45) is 1.86. The Morgan fingerprint density at radius 2 is 1.88 bits per heavy atom. The van der Waals surface area contributed by atoms with Crippen LogP contribution in [0.25, 0.3) is 0 Å². The van der Waals surface area contributed by atoms with E-state index >= 15 is 0 Å². The first kappa shape index (κ1) is 12.4. The topological polar surface area (TPSA) is 46.2 Å². The third-order valence-corrected chi connectivity index (χ3v) is 5.08. The second-order valence-electron chi connectivity index (χ2n) is 4.81. The molecule has 4 heteroatoms. The zero-order valence-electron chi connectivity index (χ0n) is 10.3. The quantitative estimate of drug-likeness (QED) is 0.877. The molecule has 17 heavy (non-hydrogen) atoms. The minimum Gasteiger partial charge on any atom is -0.382 e. The SMILES string of the molecule is CCCS(=O)(=O)c1ccc(NC2CC2C)cc1. The molecule has 1 aromatic rings. The van der Waals surface area contributed by atoms with Gasteiger partial charge in [-0.3, -0.25) is 0 Å². The van der Waals surface area contributed by atoms with E-state index < -0.39 is 9.84 Å². The first-order valence-electron chi connectivity index (χ1n) is 6.12. The predicted molar refractivity (Wildman–Crippen MR) is 70.0 cm³/mol. The average Bonchev–Trinajstić information content (AvgIpc) is 2.95. The van der Waals surface area contributed by atoms with Crippen molar-refractivity contribution in [3.63, 3.8) is 0 Å². The van der Waals surface area contributed by atoms with Gasteiger partial charge >= 0.3 is 0 Å². The van der Waals surface area contributed by atoms with E-state index in [-0.39, 0.29) is 5.75 Å². The molecule has 0 heterocycles. The Bertz CT molecular complexity index is 479. The molecule has 3 nitrogen and oxygen atoms in total. The maximum Gasteiger partial charge on any atom is 0.178 e. The van der Waals surface area contributed by atoms with Crippen LogP contribution in [-0.2, 0) is 9.84 Å². The molecule has 0 bridgehead atoms. The zero-order valence-corrected chi connectivity index (χ0v) is 11.1. The van der Waals surface area contributed by atoms with Crippen molar-refractivity contribution in [3.8, 4) is 0 Å². The molecule has 94 valence electrons. The van der Waals surface area contributed by atoms with Crippen molar-refractivity contribution < 1.29 is 8.42 Å². The summed E-state index contributed by atoms with van der Waals surface area (Å²) in [6, 6.07) is 7.66. The number of hydrogen-bond donors (Lipinski definition) is 1. The van der Waals surface area contributed by atoms with E-state index in [2.05, 4.69) is 12.2 Å². The van der Waals surface area contributed by atoms with Crippen molar-refractivity contribution >= 4 is 15.5 Å². The Labute approximate surface area is 103 Å². The van der Waals surface area contributed by atoms with Gasteiger partial charge in [0.2, 0.25) is 0 Å². The average molecular weight is 253 g/mol. The lowest BCUT2D eigenvalue weighted by atomic mass is 10.3. The minimum absolute atomic E-state index is 0.222. The van der Waals surface area contributed by atoms with Gasteiger partial charge in [-0.05, 0) is 43.0 Å². The summed E-state index contributed by atoms with van der Waals surface area (Å²) >= 11 is 0. The van der Waals surface area contributed by atoms with Gasteiger partial charge in [0.15, 0.2) is 9.84 Å². The standard InChI is InChI=1S/C13H19NO2S/c1-3-8-17(15,16)12-6-4-11(5-7-12)14-13-9-10(13)2/h4-7,10,13-14H,3,8-9H2,1-2H3. The summed E-state index contributed by atoms with van der Waals surface area (Å²) in [5, 5.41) is 3.38. The highest BCUT2D eigenvalue weighted by molar-refractivity contribution is 7.91. The van der Waals surface area contributed by atoms with Crippen LogP contribution >= 0.6 is 0 Å². The number of hydrogen-bond acceptors (Lipinski definition) is 3. The van der Waals surface area contributed by atoms with Crippen molar-refractivity contribution in [2.45, 2.75) is 37.6 Å². The highest BCUT2D eigenvalue weighted by Crippen LogP contribution is 2.32. The number of nitrogens with one attached hydrogen (secondary N) is 1. The van der Waals surface area contributed by atoms with Gasteiger partial charge in [-0.15, -0.1) is 0 Å². The van der Waals surface area contributed by atoms with Crippen LogP contribution in [0.15, 0.2) is 29.2 Å². The Balaban J connectivity index is 2.07. The highest BCUT2D eigenvalue weighted by Gasteiger charge is 2.32. The molecule has 1 aliphatic carbocycles. The molecule has 2 unspecified atom stereocenters. The van der Waals surface area contributed by atoms with Crippen molar-refractivity contribution in [3.05, 3.63) is 24.3 Å². The van der Waals surface area contributed by atoms with Crippen LogP contribution in [0, 0.1) is 5.92 Å². The van der Waals surface area contributed by atoms with Gasteiger partial charge in [-0.2, -0.15) is 0 Å². The zero-order chi connectivity index (χ0) is 12.5. The Morgan fingerprint density at radius 3 is 2.35 bits per heavy atom. The van der Waals surface area contributed by atoms with Crippen LogP contribution in [0.1, 0.15) is 26.7 Å². The molecule has 0 amide bonds. The van der Waals surface area contributed by atoms with Gasteiger partial charge in [0, 0.05) is 11.7 Å². The van der Waals surface area contributed by atoms with Gasteiger partial charge in [0.25, 0.3) is 0 Å². The molecule has 1 saturated carbocycles. The lowest BCUT2D eigenvalue weighted by Crippen LogP contribution is -2.07. The first-order chi connectivity index (χ1) is 8.03. The molecule has 0 saturated heterocycles. The molecule has 1 fully saturated rings. The van der Waals surface area contributed by atoms with E-state index in [9.17, 15) is 8.42 Å². The molecule has 0 spiro atoms. The van der Waals surface area contributed by atoms with Crippen LogP contribution in [0.3, 0.4) is 0 Å². The fraction of sp³-hybridized carbons (Fsp3) is 0.538. The summed E-state index contributed by atoms with van der Waals surface area (Å²) in [7, 11) is -3.08. The van der Waals surface area contributed by atoms with Gasteiger partial charge in [0.1, 0.15) is 0 Å². The second-order valence-corrected chi connectivity index (χ2v) is 6.92. The normalized spacial score (nSPS) is 23.4. The monoisotopic (exact) mass is 253 g/mol. The van der Waals surface area contributed by atoms with E-state index in [1.54, 1.807) is 12.1 Å². The van der Waals surface area contributed by atoms with E-state index in [4.69, 9.17) is 0 Å². The van der Waals surface area contributed by atoms with Gasteiger partial charge < -0.3 is 5.32 Å². The summed E-state index contributed by atoms with van der Waals surface area (Å²) in [5.74, 6) is 0.956. The molecule has 0 aromatic heterocycles. The lowest BCUT2D eigenvalue weighted by molar-refractivity contribution is 0.595. The largest absolute Gasteiger partial charge is 0.382 e. The van der Waals surface area contributed by atoms with Crippen molar-refractivity contribution in [2.75, 3.05) is 11.1 Å². The second kappa shape index (κ2) is 4.69. The highest BCUT2D eigenvalue weighted by atomic mass is 32.2. The third-order valence-electron chi connectivity index (χ3n) is 3.15. The number of anilines is 1. The van der Waals surface area contributed by atoms with Crippen LogP contribution in [-0.4, -0.2) is 20.2 Å². The van der Waals surface area contributed by atoms with Crippen molar-refractivity contribution in [1.82, 2.24) is 0 Å². The van der Waals surface area contributed by atoms with E-state index in [1.807, 2.05) is 19.1 Å². The number of rotatable bonds is 5. The molecule has 2 rings (SSSR count). The minimum atomic E-state index is -3.08. The van der Waals surface area contributed by atoms with Crippen LogP contribution in [0.4, 0.5) is 5.69 Å². The fourth-order valence-corrected chi connectivity index (χ4v) is 3.21. The molecule has 2 atom stereocenters. The first-order valence-corrected chi connectivity index (χ1v) is 7.77. The molecule has 1 N–H and O–H groups in total. The van der Waals surface area contributed by atoms with E-state index in [0.29, 0.717) is 17.4 Å². The van der Waals surface area contributed by atoms with E-state index in [0.717, 1.165) is 11.6 Å². The summed E-state index contributed by atoms with van der Waals surface area (Å²) in [6.45, 7) is 4.08. The van der Waals surface area contributed by atoms with Gasteiger partial charge in [0.05, 0.1) is 10.6 Å². The number of sulfone groups is 1. The van der Waals surface area contributed by atoms with Gasteiger partial charge in [-0.1, -0.05) is 13.8 Å². The Kier molecular flexibility index (Phi) is 3.43. The Morgan fingerprint density at radius 1 is 1.29 bits per heavy atom. The Hall–Kier alpha value is -1.03. The summed E-state index contributed by atoms with van der Waals surface area (Å²) in [5.41, 5.74) is 1.01. The maximum absolute atomic E-state index is 11.8. The summed E-state index contributed by atoms with van der Waals surface area (Å²) < 4.78 is 23.6. The fourth-order valence-electron chi connectivity index (χ4n) is 1.88. The molecule has 1 aromatic carbocycles. The lowest BCUT2D eigenvalue weighted by Gasteiger charge is -2.07. The van der Waals surface area contributed by atoms with Crippen LogP contribution in [0.5, 0.6) is 0 Å². The van der Waals surface area contributed by atoms with Crippen LogP contribution in [0.2, 0.25) is 0 Å². The third kappa shape index (κ3) is 3.00. The van der Waals surface area contributed by atoms with E-state index in [1.165, 1.54) is 6.42 Å². The maximum atomic E-state index is 11.8. The van der Waals surface area contributed by atoms with Crippen molar-refractivity contribution in [2.24, 2.45) is 5.92 Å².